The molecular weight excluding hydrogens is 231 g/mol. The van der Waals surface area contributed by atoms with Crippen LogP contribution >= 0.6 is 0 Å². The zero-order valence-corrected chi connectivity index (χ0v) is 9.82. The summed E-state index contributed by atoms with van der Waals surface area (Å²) in [5, 5.41) is 0. The maximum absolute atomic E-state index is 14.5. The highest BCUT2D eigenvalue weighted by Gasteiger charge is 2.56. The van der Waals surface area contributed by atoms with Crippen LogP contribution in [0.15, 0.2) is 0 Å². The zero-order chi connectivity index (χ0) is 13.1. The second-order valence-corrected chi connectivity index (χ2v) is 4.03. The van der Waals surface area contributed by atoms with Crippen molar-refractivity contribution in [3.8, 4) is 0 Å². The summed E-state index contributed by atoms with van der Waals surface area (Å²) in [5.74, 6) is -3.76. The smallest absolute Gasteiger partial charge is 0.355 e. The van der Waals surface area contributed by atoms with Crippen molar-refractivity contribution in [2.45, 2.75) is 31.4 Å². The van der Waals surface area contributed by atoms with Crippen molar-refractivity contribution in [2.75, 3.05) is 14.2 Å². The number of halogens is 1. The summed E-state index contributed by atoms with van der Waals surface area (Å²) in [6, 6.07) is 0. The lowest BCUT2D eigenvalue weighted by molar-refractivity contribution is -0.177. The van der Waals surface area contributed by atoms with Gasteiger partial charge in [0.05, 0.1) is 14.2 Å². The molecule has 6 heteroatoms. The molecule has 96 valence electrons. The van der Waals surface area contributed by atoms with Crippen molar-refractivity contribution < 1.29 is 28.2 Å². The standard InChI is InChI=1S/C11H15FO5/c1-16-9(14)11(12,10(15)17-2)7-4-3-5-8(13)6-7/h7H,3-6H2,1-2H3. The Morgan fingerprint density at radius 3 is 2.24 bits per heavy atom. The third-order valence-corrected chi connectivity index (χ3v) is 3.01. The van der Waals surface area contributed by atoms with Gasteiger partial charge in [0.25, 0.3) is 0 Å². The van der Waals surface area contributed by atoms with Crippen LogP contribution in [0.2, 0.25) is 0 Å². The molecule has 0 heterocycles. The van der Waals surface area contributed by atoms with E-state index in [-0.39, 0.29) is 18.6 Å². The van der Waals surface area contributed by atoms with E-state index in [1.54, 1.807) is 0 Å². The lowest BCUT2D eigenvalue weighted by atomic mass is 9.77. The first-order chi connectivity index (χ1) is 7.96. The van der Waals surface area contributed by atoms with Gasteiger partial charge in [-0.1, -0.05) is 0 Å². The van der Waals surface area contributed by atoms with E-state index in [9.17, 15) is 18.8 Å². The lowest BCUT2D eigenvalue weighted by Crippen LogP contribution is -2.51. The van der Waals surface area contributed by atoms with Crippen LogP contribution < -0.4 is 0 Å². The van der Waals surface area contributed by atoms with E-state index >= 15 is 0 Å². The second-order valence-electron chi connectivity index (χ2n) is 4.03. The SMILES string of the molecule is COC(=O)C(F)(C(=O)OC)C1CCCC(=O)C1. The number of carbonyl (C=O) groups excluding carboxylic acids is 3. The average Bonchev–Trinajstić information content (AvgIpc) is 2.35. The number of rotatable bonds is 3. The number of esters is 2. The highest BCUT2D eigenvalue weighted by molar-refractivity contribution is 6.04. The summed E-state index contributed by atoms with van der Waals surface area (Å²) in [4.78, 5) is 34.1. The van der Waals surface area contributed by atoms with Crippen LogP contribution in [0, 0.1) is 5.92 Å². The van der Waals surface area contributed by atoms with Gasteiger partial charge < -0.3 is 9.47 Å². The molecule has 1 unspecified atom stereocenters. The summed E-state index contributed by atoms with van der Waals surface area (Å²) in [6.45, 7) is 0. The monoisotopic (exact) mass is 246 g/mol. The molecule has 0 spiro atoms. The molecule has 0 N–H and O–H groups in total. The van der Waals surface area contributed by atoms with Gasteiger partial charge in [-0.25, -0.2) is 14.0 Å². The van der Waals surface area contributed by atoms with Gasteiger partial charge in [-0.05, 0) is 12.8 Å². The van der Waals surface area contributed by atoms with Crippen LogP contribution in [0.4, 0.5) is 4.39 Å². The van der Waals surface area contributed by atoms with Crippen LogP contribution in [0.5, 0.6) is 0 Å². The normalized spacial score (nSPS) is 20.9. The number of alkyl halides is 1. The van der Waals surface area contributed by atoms with Crippen LogP contribution in [-0.4, -0.2) is 37.6 Å². The quantitative estimate of drug-likeness (QED) is 0.544. The second kappa shape index (κ2) is 5.25. The number of carbonyl (C=O) groups is 3. The number of hydrogen-bond donors (Lipinski definition) is 0. The lowest BCUT2D eigenvalue weighted by Gasteiger charge is -2.30. The molecule has 0 aliphatic heterocycles. The highest BCUT2D eigenvalue weighted by atomic mass is 19.1. The fraction of sp³-hybridized carbons (Fsp3) is 0.727. The van der Waals surface area contributed by atoms with Crippen LogP contribution in [0.25, 0.3) is 0 Å². The largest absolute Gasteiger partial charge is 0.466 e. The summed E-state index contributed by atoms with van der Waals surface area (Å²) in [5.41, 5.74) is -2.88. The molecule has 1 aliphatic rings. The van der Waals surface area contributed by atoms with Gasteiger partial charge in [-0.2, -0.15) is 0 Å². The molecule has 0 bridgehead atoms. The predicted octanol–water partition coefficient (Wildman–Crippen LogP) is 0.800. The van der Waals surface area contributed by atoms with E-state index in [0.29, 0.717) is 12.8 Å². The molecule has 1 saturated carbocycles. The minimum absolute atomic E-state index is 0.138. The Morgan fingerprint density at radius 1 is 1.29 bits per heavy atom. The molecule has 0 aromatic heterocycles. The Morgan fingerprint density at radius 2 is 1.82 bits per heavy atom. The third-order valence-electron chi connectivity index (χ3n) is 3.01. The molecule has 5 nitrogen and oxygen atoms in total. The van der Waals surface area contributed by atoms with Crippen LogP contribution in [0.3, 0.4) is 0 Å². The van der Waals surface area contributed by atoms with Gasteiger partial charge in [-0.15, -0.1) is 0 Å². The number of hydrogen-bond acceptors (Lipinski definition) is 5. The molecule has 1 rings (SSSR count). The van der Waals surface area contributed by atoms with Crippen LogP contribution in [0.1, 0.15) is 25.7 Å². The van der Waals surface area contributed by atoms with Gasteiger partial charge in [0.1, 0.15) is 5.78 Å². The van der Waals surface area contributed by atoms with E-state index < -0.39 is 23.5 Å². The molecule has 1 fully saturated rings. The first-order valence-corrected chi connectivity index (χ1v) is 5.34. The van der Waals surface area contributed by atoms with Crippen molar-refractivity contribution in [1.29, 1.82) is 0 Å². The average molecular weight is 246 g/mol. The van der Waals surface area contributed by atoms with E-state index in [1.165, 1.54) is 0 Å². The first-order valence-electron chi connectivity index (χ1n) is 5.34. The fourth-order valence-corrected chi connectivity index (χ4v) is 2.08. The Labute approximate surface area is 98.3 Å². The first kappa shape index (κ1) is 13.6. The van der Waals surface area contributed by atoms with Gasteiger partial charge >= 0.3 is 17.6 Å². The molecule has 0 saturated heterocycles. The predicted molar refractivity (Wildman–Crippen MR) is 54.8 cm³/mol. The fourth-order valence-electron chi connectivity index (χ4n) is 2.08. The molecule has 0 radical (unpaired) electrons. The summed E-state index contributed by atoms with van der Waals surface area (Å²) < 4.78 is 23.1. The summed E-state index contributed by atoms with van der Waals surface area (Å²) >= 11 is 0. The topological polar surface area (TPSA) is 69.7 Å². The number of ketones is 1. The van der Waals surface area contributed by atoms with E-state index in [2.05, 4.69) is 9.47 Å². The van der Waals surface area contributed by atoms with Gasteiger partial charge in [0.2, 0.25) is 0 Å². The summed E-state index contributed by atoms with van der Waals surface area (Å²) in [6.07, 6.45) is 0.964. The Balaban J connectivity index is 3.00. The van der Waals surface area contributed by atoms with Crippen molar-refractivity contribution in [3.63, 3.8) is 0 Å². The van der Waals surface area contributed by atoms with E-state index in [0.717, 1.165) is 14.2 Å². The van der Waals surface area contributed by atoms with E-state index in [1.807, 2.05) is 0 Å². The Kier molecular flexibility index (Phi) is 4.20. The molecular formula is C11H15FO5. The number of methoxy groups -OCH3 is 2. The summed E-state index contributed by atoms with van der Waals surface area (Å²) in [7, 11) is 1.98. The molecule has 17 heavy (non-hydrogen) atoms. The van der Waals surface area contributed by atoms with Crippen LogP contribution in [-0.2, 0) is 23.9 Å². The van der Waals surface area contributed by atoms with Gasteiger partial charge in [-0.3, -0.25) is 4.79 Å². The molecule has 1 aliphatic carbocycles. The minimum atomic E-state index is -2.88. The number of ether oxygens (including phenoxy) is 2. The molecule has 0 aromatic rings. The van der Waals surface area contributed by atoms with Crippen molar-refractivity contribution >= 4 is 17.7 Å². The van der Waals surface area contributed by atoms with E-state index in [4.69, 9.17) is 0 Å². The maximum atomic E-state index is 14.5. The minimum Gasteiger partial charge on any atom is -0.466 e. The van der Waals surface area contributed by atoms with Crippen molar-refractivity contribution in [2.24, 2.45) is 5.92 Å². The molecule has 0 amide bonds. The Bertz CT molecular complexity index is 323. The zero-order valence-electron chi connectivity index (χ0n) is 9.82. The van der Waals surface area contributed by atoms with Gasteiger partial charge in [0, 0.05) is 18.8 Å². The Hall–Kier alpha value is -1.46. The maximum Gasteiger partial charge on any atom is 0.355 e. The highest BCUT2D eigenvalue weighted by Crippen LogP contribution is 2.36. The number of Topliss-reactive ketones (excluding diaryl/α,β-unsaturated/α-hetero) is 1. The molecule has 0 aromatic carbocycles. The van der Waals surface area contributed by atoms with Gasteiger partial charge in [0.15, 0.2) is 0 Å². The van der Waals surface area contributed by atoms with Crippen molar-refractivity contribution in [3.05, 3.63) is 0 Å². The van der Waals surface area contributed by atoms with Crippen molar-refractivity contribution in [1.82, 2.24) is 0 Å². The third kappa shape index (κ3) is 2.45. The molecule has 1 atom stereocenters.